The molecule has 3 atom stereocenters. The number of amides is 1. The van der Waals surface area contributed by atoms with E-state index < -0.39 is 5.54 Å². The van der Waals surface area contributed by atoms with Crippen molar-refractivity contribution in [3.63, 3.8) is 0 Å². The number of hydrogen-bond donors (Lipinski definition) is 2. The van der Waals surface area contributed by atoms with E-state index in [-0.39, 0.29) is 5.91 Å². The molecule has 21 heavy (non-hydrogen) atoms. The van der Waals surface area contributed by atoms with E-state index >= 15 is 0 Å². The lowest BCUT2D eigenvalue weighted by molar-refractivity contribution is -0.124. The van der Waals surface area contributed by atoms with Crippen LogP contribution in [0.15, 0.2) is 0 Å². The summed E-state index contributed by atoms with van der Waals surface area (Å²) in [6.07, 6.45) is 6.64. The monoisotopic (exact) mass is 293 g/mol. The average Bonchev–Trinajstić information content (AvgIpc) is 2.91. The minimum atomic E-state index is -0.425. The van der Waals surface area contributed by atoms with Crippen LogP contribution in [0.25, 0.3) is 0 Å². The van der Waals surface area contributed by atoms with Crippen molar-refractivity contribution >= 4 is 5.91 Å². The van der Waals surface area contributed by atoms with Gasteiger partial charge in [-0.1, -0.05) is 20.8 Å². The molecule has 3 N–H and O–H groups in total. The Morgan fingerprint density at radius 2 is 1.95 bits per heavy atom. The molecular formula is C17H31N3O. The Hall–Kier alpha value is -0.610. The molecule has 1 saturated heterocycles. The number of nitrogens with zero attached hydrogens (tertiary/aromatic N) is 1. The van der Waals surface area contributed by atoms with E-state index in [2.05, 4.69) is 31.0 Å². The lowest BCUT2D eigenvalue weighted by Crippen LogP contribution is -2.55. The van der Waals surface area contributed by atoms with Gasteiger partial charge in [0.1, 0.15) is 0 Å². The molecule has 3 unspecified atom stereocenters. The largest absolute Gasteiger partial charge is 0.368 e. The summed E-state index contributed by atoms with van der Waals surface area (Å²) in [6.45, 7) is 9.41. The second kappa shape index (κ2) is 5.24. The lowest BCUT2D eigenvalue weighted by Gasteiger charge is -2.31. The van der Waals surface area contributed by atoms with Crippen LogP contribution >= 0.6 is 0 Å². The molecule has 0 spiro atoms. The van der Waals surface area contributed by atoms with E-state index in [4.69, 9.17) is 5.73 Å². The van der Waals surface area contributed by atoms with Crippen LogP contribution in [-0.4, -0.2) is 41.5 Å². The van der Waals surface area contributed by atoms with E-state index in [0.717, 1.165) is 25.2 Å². The van der Waals surface area contributed by atoms with Gasteiger partial charge in [-0.15, -0.1) is 0 Å². The first-order chi connectivity index (χ1) is 9.80. The minimum absolute atomic E-state index is 0.136. The van der Waals surface area contributed by atoms with Gasteiger partial charge in [-0.25, -0.2) is 0 Å². The van der Waals surface area contributed by atoms with Crippen LogP contribution in [0.3, 0.4) is 0 Å². The fraction of sp³-hybridized carbons (Fsp3) is 0.941. The van der Waals surface area contributed by atoms with Gasteiger partial charge in [-0.3, -0.25) is 9.69 Å². The number of primary amides is 1. The highest BCUT2D eigenvalue weighted by atomic mass is 16.1. The third-order valence-electron chi connectivity index (χ3n) is 5.98. The van der Waals surface area contributed by atoms with E-state index in [1.165, 1.54) is 32.4 Å². The molecule has 0 aromatic heterocycles. The van der Waals surface area contributed by atoms with Gasteiger partial charge in [0, 0.05) is 18.6 Å². The van der Waals surface area contributed by atoms with Gasteiger partial charge in [0.15, 0.2) is 0 Å². The highest BCUT2D eigenvalue weighted by molar-refractivity contribution is 5.85. The highest BCUT2D eigenvalue weighted by Crippen LogP contribution is 2.40. The quantitative estimate of drug-likeness (QED) is 0.832. The molecule has 0 aromatic carbocycles. The standard InChI is InChI=1S/C17H31N3O/c1-16(2,3)12-7-9-20(11-12)14-6-8-17(10-14,15(18)21)19-13-4-5-13/h12-14,19H,4-11H2,1-3H3,(H2,18,21). The molecule has 120 valence electrons. The van der Waals surface area contributed by atoms with Crippen LogP contribution in [0.4, 0.5) is 0 Å². The molecule has 1 aliphatic heterocycles. The first-order valence-electron chi connectivity index (χ1n) is 8.62. The summed E-state index contributed by atoms with van der Waals surface area (Å²) in [5, 5.41) is 3.56. The van der Waals surface area contributed by atoms with Gasteiger partial charge in [0.25, 0.3) is 0 Å². The van der Waals surface area contributed by atoms with Crippen LogP contribution < -0.4 is 11.1 Å². The van der Waals surface area contributed by atoms with Crippen LogP contribution in [-0.2, 0) is 4.79 Å². The predicted octanol–water partition coefficient (Wildman–Crippen LogP) is 1.88. The van der Waals surface area contributed by atoms with Gasteiger partial charge in [0.05, 0.1) is 5.54 Å². The zero-order chi connectivity index (χ0) is 15.3. The topological polar surface area (TPSA) is 58.4 Å². The summed E-state index contributed by atoms with van der Waals surface area (Å²) < 4.78 is 0. The Morgan fingerprint density at radius 3 is 2.48 bits per heavy atom. The number of nitrogens with two attached hydrogens (primary N) is 1. The normalized spacial score (nSPS) is 38.0. The molecule has 0 bridgehead atoms. The van der Waals surface area contributed by atoms with Gasteiger partial charge >= 0.3 is 0 Å². The smallest absolute Gasteiger partial charge is 0.237 e. The Labute approximate surface area is 128 Å². The summed E-state index contributed by atoms with van der Waals surface area (Å²) in [6, 6.07) is 1.08. The summed E-state index contributed by atoms with van der Waals surface area (Å²) in [5.41, 5.74) is 5.71. The van der Waals surface area contributed by atoms with E-state index in [0.29, 0.717) is 17.5 Å². The third-order valence-corrected chi connectivity index (χ3v) is 5.98. The Balaban J connectivity index is 1.62. The fourth-order valence-corrected chi connectivity index (χ4v) is 4.20. The van der Waals surface area contributed by atoms with Crippen LogP contribution in [0.2, 0.25) is 0 Å². The van der Waals surface area contributed by atoms with Crippen LogP contribution in [0, 0.1) is 11.3 Å². The molecule has 0 aromatic rings. The maximum absolute atomic E-state index is 12.0. The van der Waals surface area contributed by atoms with Crippen LogP contribution in [0.5, 0.6) is 0 Å². The summed E-state index contributed by atoms with van der Waals surface area (Å²) >= 11 is 0. The van der Waals surface area contributed by atoms with Gasteiger partial charge in [-0.05, 0) is 56.4 Å². The van der Waals surface area contributed by atoms with Gasteiger partial charge in [0.2, 0.25) is 5.91 Å². The van der Waals surface area contributed by atoms with Crippen molar-refractivity contribution in [2.24, 2.45) is 17.1 Å². The lowest BCUT2D eigenvalue weighted by atomic mass is 9.80. The van der Waals surface area contributed by atoms with E-state index in [1.807, 2.05) is 0 Å². The summed E-state index contributed by atoms with van der Waals surface area (Å²) in [5.74, 6) is 0.640. The van der Waals surface area contributed by atoms with Gasteiger partial charge in [-0.2, -0.15) is 0 Å². The fourth-order valence-electron chi connectivity index (χ4n) is 4.20. The van der Waals surface area contributed by atoms with Crippen molar-refractivity contribution in [1.29, 1.82) is 0 Å². The average molecular weight is 293 g/mol. The maximum Gasteiger partial charge on any atom is 0.237 e. The number of nitrogens with one attached hydrogen (secondary N) is 1. The molecule has 1 amide bonds. The van der Waals surface area contributed by atoms with E-state index in [9.17, 15) is 4.79 Å². The van der Waals surface area contributed by atoms with Crippen LogP contribution in [0.1, 0.15) is 59.3 Å². The second-order valence-corrected chi connectivity index (χ2v) is 8.61. The number of carbonyl (C=O) groups excluding carboxylic acids is 1. The minimum Gasteiger partial charge on any atom is -0.368 e. The van der Waals surface area contributed by atoms with Gasteiger partial charge < -0.3 is 11.1 Å². The first-order valence-corrected chi connectivity index (χ1v) is 8.62. The SMILES string of the molecule is CC(C)(C)C1CCN(C2CCC(NC3CC3)(C(N)=O)C2)C1. The highest BCUT2D eigenvalue weighted by Gasteiger charge is 2.49. The number of carbonyl (C=O) groups is 1. The van der Waals surface area contributed by atoms with Crippen molar-refractivity contribution in [3.8, 4) is 0 Å². The van der Waals surface area contributed by atoms with Crippen molar-refractivity contribution in [2.45, 2.75) is 76.9 Å². The molecule has 3 aliphatic rings. The molecule has 3 rings (SSSR count). The molecule has 2 aliphatic carbocycles. The second-order valence-electron chi connectivity index (χ2n) is 8.61. The summed E-state index contributed by atoms with van der Waals surface area (Å²) in [7, 11) is 0. The zero-order valence-corrected chi connectivity index (χ0v) is 13.8. The molecule has 1 heterocycles. The molecular weight excluding hydrogens is 262 g/mol. The molecule has 4 heteroatoms. The van der Waals surface area contributed by atoms with Crippen molar-refractivity contribution < 1.29 is 4.79 Å². The predicted molar refractivity (Wildman–Crippen MR) is 84.9 cm³/mol. The maximum atomic E-state index is 12.0. The third kappa shape index (κ3) is 3.11. The number of hydrogen-bond acceptors (Lipinski definition) is 3. The summed E-state index contributed by atoms with van der Waals surface area (Å²) in [4.78, 5) is 14.6. The van der Waals surface area contributed by atoms with Crippen molar-refractivity contribution in [3.05, 3.63) is 0 Å². The molecule has 3 fully saturated rings. The zero-order valence-electron chi connectivity index (χ0n) is 13.8. The Bertz CT molecular complexity index is 413. The number of likely N-dealkylation sites (tertiary alicyclic amines) is 1. The molecule has 4 nitrogen and oxygen atoms in total. The Kier molecular flexibility index (Phi) is 3.81. The number of rotatable bonds is 4. The molecule has 0 radical (unpaired) electrons. The Morgan fingerprint density at radius 1 is 1.24 bits per heavy atom. The van der Waals surface area contributed by atoms with E-state index in [1.54, 1.807) is 0 Å². The molecule has 2 saturated carbocycles. The first kappa shape index (κ1) is 15.3. The van der Waals surface area contributed by atoms with Crippen molar-refractivity contribution in [2.75, 3.05) is 13.1 Å². The van der Waals surface area contributed by atoms with Crippen molar-refractivity contribution in [1.82, 2.24) is 10.2 Å².